The molecular formula is C19H24N2O6S. The molecule has 0 N–H and O–H groups in total. The predicted octanol–water partition coefficient (Wildman–Crippen LogP) is 1.00. The van der Waals surface area contributed by atoms with E-state index in [4.69, 9.17) is 4.74 Å². The number of nitrogens with zero attached hydrogens (tertiary/aromatic N) is 2. The molecule has 2 atom stereocenters. The molecule has 152 valence electrons. The van der Waals surface area contributed by atoms with Crippen molar-refractivity contribution < 1.29 is 27.5 Å². The van der Waals surface area contributed by atoms with Crippen LogP contribution in [-0.4, -0.2) is 68.3 Å². The van der Waals surface area contributed by atoms with E-state index in [0.717, 1.165) is 6.42 Å². The minimum atomic E-state index is -3.12. The number of hydrogen-bond acceptors (Lipinski definition) is 6. The van der Waals surface area contributed by atoms with Crippen LogP contribution in [0, 0.1) is 0 Å². The Morgan fingerprint density at radius 2 is 2.07 bits per heavy atom. The summed E-state index contributed by atoms with van der Waals surface area (Å²) in [7, 11) is -1.59. The SMILES string of the molecule is C[C@H](OC(=O)c1cccc(N2CCCC2=O)c1)C(=O)N(C)[C@@H]1CCS(=O)(=O)C1. The van der Waals surface area contributed by atoms with E-state index in [0.29, 0.717) is 25.1 Å². The fourth-order valence-electron chi connectivity index (χ4n) is 3.55. The maximum Gasteiger partial charge on any atom is 0.338 e. The third-order valence-electron chi connectivity index (χ3n) is 5.20. The summed E-state index contributed by atoms with van der Waals surface area (Å²) in [5.74, 6) is -1.10. The molecule has 0 spiro atoms. The van der Waals surface area contributed by atoms with Gasteiger partial charge in [-0.05, 0) is 38.0 Å². The van der Waals surface area contributed by atoms with Gasteiger partial charge in [0.2, 0.25) is 5.91 Å². The molecule has 0 aromatic heterocycles. The normalized spacial score (nSPS) is 22.1. The van der Waals surface area contributed by atoms with Crippen molar-refractivity contribution in [2.75, 3.05) is 30.0 Å². The number of amides is 2. The van der Waals surface area contributed by atoms with Crippen LogP contribution in [0.1, 0.15) is 36.5 Å². The number of ether oxygens (including phenoxy) is 1. The Labute approximate surface area is 164 Å². The number of anilines is 1. The van der Waals surface area contributed by atoms with Crippen LogP contribution in [0.4, 0.5) is 5.69 Å². The van der Waals surface area contributed by atoms with Gasteiger partial charge >= 0.3 is 5.97 Å². The summed E-state index contributed by atoms with van der Waals surface area (Å²) in [6.45, 7) is 2.08. The van der Waals surface area contributed by atoms with Crippen molar-refractivity contribution >= 4 is 33.3 Å². The van der Waals surface area contributed by atoms with Crippen LogP contribution in [0.3, 0.4) is 0 Å². The minimum absolute atomic E-state index is 0.0159. The molecule has 1 aromatic rings. The molecule has 2 aliphatic rings. The zero-order chi connectivity index (χ0) is 20.5. The standard InChI is InChI=1S/C19H24N2O6S/c1-13(18(23)20(2)16-8-10-28(25,26)12-16)27-19(24)14-5-3-6-15(11-14)21-9-4-7-17(21)22/h3,5-6,11,13,16H,4,7-10,12H2,1-2H3/t13-,16+/m0/s1. The molecule has 0 saturated carbocycles. The Balaban J connectivity index is 1.64. The van der Waals surface area contributed by atoms with E-state index in [1.165, 1.54) is 18.9 Å². The molecular weight excluding hydrogens is 384 g/mol. The van der Waals surface area contributed by atoms with Gasteiger partial charge in [0.15, 0.2) is 15.9 Å². The number of rotatable bonds is 5. The van der Waals surface area contributed by atoms with Gasteiger partial charge in [-0.15, -0.1) is 0 Å². The summed E-state index contributed by atoms with van der Waals surface area (Å²) < 4.78 is 28.5. The van der Waals surface area contributed by atoms with Crippen molar-refractivity contribution in [2.45, 2.75) is 38.3 Å². The van der Waals surface area contributed by atoms with Gasteiger partial charge in [-0.3, -0.25) is 9.59 Å². The Morgan fingerprint density at radius 3 is 2.68 bits per heavy atom. The van der Waals surface area contributed by atoms with E-state index in [-0.39, 0.29) is 23.0 Å². The number of benzene rings is 1. The molecule has 3 rings (SSSR count). The van der Waals surface area contributed by atoms with E-state index in [2.05, 4.69) is 0 Å². The molecule has 2 heterocycles. The summed E-state index contributed by atoms with van der Waals surface area (Å²) in [4.78, 5) is 39.9. The quantitative estimate of drug-likeness (QED) is 0.674. The van der Waals surface area contributed by atoms with Gasteiger partial charge < -0.3 is 14.5 Å². The lowest BCUT2D eigenvalue weighted by molar-refractivity contribution is -0.140. The van der Waals surface area contributed by atoms with Gasteiger partial charge in [0.25, 0.3) is 5.91 Å². The van der Waals surface area contributed by atoms with Gasteiger partial charge in [-0.2, -0.15) is 0 Å². The van der Waals surface area contributed by atoms with E-state index in [1.54, 1.807) is 29.2 Å². The summed E-state index contributed by atoms with van der Waals surface area (Å²) in [6.07, 6.45) is 0.612. The van der Waals surface area contributed by atoms with Crippen LogP contribution in [-0.2, 0) is 24.2 Å². The lowest BCUT2D eigenvalue weighted by atomic mass is 10.2. The number of esters is 1. The number of sulfone groups is 1. The van der Waals surface area contributed by atoms with Crippen molar-refractivity contribution in [1.82, 2.24) is 4.90 Å². The second-order valence-electron chi connectivity index (χ2n) is 7.25. The van der Waals surface area contributed by atoms with Gasteiger partial charge in [0.1, 0.15) is 0 Å². The first-order valence-corrected chi connectivity index (χ1v) is 11.1. The van der Waals surface area contributed by atoms with Crippen LogP contribution in [0.25, 0.3) is 0 Å². The average Bonchev–Trinajstić information content (AvgIpc) is 3.25. The summed E-state index contributed by atoms with van der Waals surface area (Å²) in [5.41, 5.74) is 0.882. The molecule has 0 radical (unpaired) electrons. The van der Waals surface area contributed by atoms with Gasteiger partial charge in [0.05, 0.1) is 17.1 Å². The smallest absolute Gasteiger partial charge is 0.338 e. The van der Waals surface area contributed by atoms with E-state index < -0.39 is 33.9 Å². The zero-order valence-electron chi connectivity index (χ0n) is 16.0. The number of carbonyl (C=O) groups is 3. The highest BCUT2D eigenvalue weighted by Gasteiger charge is 2.35. The third kappa shape index (κ3) is 4.35. The fraction of sp³-hybridized carbons (Fsp3) is 0.526. The van der Waals surface area contributed by atoms with Crippen molar-refractivity contribution in [2.24, 2.45) is 0 Å². The molecule has 1 aromatic carbocycles. The van der Waals surface area contributed by atoms with Crippen LogP contribution >= 0.6 is 0 Å². The van der Waals surface area contributed by atoms with Crippen molar-refractivity contribution in [3.8, 4) is 0 Å². The molecule has 2 aliphatic heterocycles. The first kappa shape index (κ1) is 20.3. The average molecular weight is 408 g/mol. The number of carbonyl (C=O) groups excluding carboxylic acids is 3. The highest BCUT2D eigenvalue weighted by molar-refractivity contribution is 7.91. The molecule has 9 heteroatoms. The maximum absolute atomic E-state index is 12.5. The second kappa shape index (κ2) is 7.90. The number of hydrogen-bond donors (Lipinski definition) is 0. The molecule has 8 nitrogen and oxygen atoms in total. The first-order valence-electron chi connectivity index (χ1n) is 9.26. The van der Waals surface area contributed by atoms with E-state index in [9.17, 15) is 22.8 Å². The maximum atomic E-state index is 12.5. The second-order valence-corrected chi connectivity index (χ2v) is 9.48. The molecule has 0 bridgehead atoms. The fourth-order valence-corrected chi connectivity index (χ4v) is 5.32. The van der Waals surface area contributed by atoms with Crippen LogP contribution in [0.2, 0.25) is 0 Å². The topological polar surface area (TPSA) is 101 Å². The summed E-state index contributed by atoms with van der Waals surface area (Å²) >= 11 is 0. The predicted molar refractivity (Wildman–Crippen MR) is 103 cm³/mol. The van der Waals surface area contributed by atoms with Crippen molar-refractivity contribution in [3.63, 3.8) is 0 Å². The molecule has 0 aliphatic carbocycles. The molecule has 28 heavy (non-hydrogen) atoms. The Kier molecular flexibility index (Phi) is 5.74. The lowest BCUT2D eigenvalue weighted by Crippen LogP contribution is -2.44. The van der Waals surface area contributed by atoms with E-state index >= 15 is 0 Å². The zero-order valence-corrected chi connectivity index (χ0v) is 16.8. The van der Waals surface area contributed by atoms with Crippen molar-refractivity contribution in [3.05, 3.63) is 29.8 Å². The highest BCUT2D eigenvalue weighted by Crippen LogP contribution is 2.23. The Morgan fingerprint density at radius 1 is 1.32 bits per heavy atom. The molecule has 2 amide bonds. The molecule has 2 saturated heterocycles. The Bertz CT molecular complexity index is 897. The molecule has 2 fully saturated rings. The summed E-state index contributed by atoms with van der Waals surface area (Å²) in [5, 5.41) is 0. The Hall–Kier alpha value is -2.42. The van der Waals surface area contributed by atoms with Gasteiger partial charge in [0, 0.05) is 31.7 Å². The first-order chi connectivity index (χ1) is 13.2. The van der Waals surface area contributed by atoms with Crippen LogP contribution in [0.5, 0.6) is 0 Å². The minimum Gasteiger partial charge on any atom is -0.449 e. The van der Waals surface area contributed by atoms with Crippen LogP contribution in [0.15, 0.2) is 24.3 Å². The van der Waals surface area contributed by atoms with Gasteiger partial charge in [-0.25, -0.2) is 13.2 Å². The van der Waals surface area contributed by atoms with Crippen molar-refractivity contribution in [1.29, 1.82) is 0 Å². The summed E-state index contributed by atoms with van der Waals surface area (Å²) in [6, 6.07) is 6.16. The van der Waals surface area contributed by atoms with E-state index in [1.807, 2.05) is 0 Å². The lowest BCUT2D eigenvalue weighted by Gasteiger charge is -2.26. The monoisotopic (exact) mass is 408 g/mol. The van der Waals surface area contributed by atoms with Crippen LogP contribution < -0.4 is 4.90 Å². The largest absolute Gasteiger partial charge is 0.449 e. The third-order valence-corrected chi connectivity index (χ3v) is 6.95. The van der Waals surface area contributed by atoms with Gasteiger partial charge in [-0.1, -0.05) is 6.07 Å². The number of likely N-dealkylation sites (N-methyl/N-ethyl adjacent to an activating group) is 1. The highest BCUT2D eigenvalue weighted by atomic mass is 32.2. The molecule has 0 unspecified atom stereocenters.